The predicted molar refractivity (Wildman–Crippen MR) is 75.6 cm³/mol. The number of aliphatic hydroxyl groups is 2. The van der Waals surface area contributed by atoms with E-state index in [2.05, 4.69) is 23.7 Å². The lowest BCUT2D eigenvalue weighted by Crippen LogP contribution is -2.27. The Morgan fingerprint density at radius 3 is 2.83 bits per heavy atom. The SMILES string of the molecule is CCCCN(CCO)Cc1sccc1C#CCO. The Balaban J connectivity index is 2.64. The van der Waals surface area contributed by atoms with E-state index in [-0.39, 0.29) is 13.2 Å². The van der Waals surface area contributed by atoms with Crippen LogP contribution in [0, 0.1) is 11.8 Å². The molecule has 0 aromatic carbocycles. The monoisotopic (exact) mass is 267 g/mol. The van der Waals surface area contributed by atoms with Crippen molar-refractivity contribution in [1.29, 1.82) is 0 Å². The highest BCUT2D eigenvalue weighted by molar-refractivity contribution is 7.10. The Labute approximate surface area is 113 Å². The van der Waals surface area contributed by atoms with E-state index >= 15 is 0 Å². The molecule has 1 rings (SSSR count). The zero-order valence-electron chi connectivity index (χ0n) is 10.9. The maximum absolute atomic E-state index is 9.08. The van der Waals surface area contributed by atoms with Gasteiger partial charge < -0.3 is 10.2 Å². The van der Waals surface area contributed by atoms with Gasteiger partial charge in [0, 0.05) is 23.5 Å². The molecule has 0 aliphatic heterocycles. The molecule has 4 heteroatoms. The molecule has 0 aliphatic carbocycles. The first-order valence-electron chi connectivity index (χ1n) is 6.31. The van der Waals surface area contributed by atoms with Crippen LogP contribution in [0.3, 0.4) is 0 Å². The number of thiophene rings is 1. The fraction of sp³-hybridized carbons (Fsp3) is 0.571. The van der Waals surface area contributed by atoms with Crippen LogP contribution in [0.2, 0.25) is 0 Å². The second kappa shape index (κ2) is 9.12. The average molecular weight is 267 g/mol. The topological polar surface area (TPSA) is 43.7 Å². The van der Waals surface area contributed by atoms with Crippen molar-refractivity contribution in [3.8, 4) is 11.8 Å². The highest BCUT2D eigenvalue weighted by Crippen LogP contribution is 2.18. The van der Waals surface area contributed by atoms with Gasteiger partial charge in [-0.2, -0.15) is 0 Å². The number of hydrogen-bond donors (Lipinski definition) is 2. The van der Waals surface area contributed by atoms with Crippen LogP contribution in [0.25, 0.3) is 0 Å². The van der Waals surface area contributed by atoms with Crippen molar-refractivity contribution in [2.75, 3.05) is 26.3 Å². The molecule has 0 bridgehead atoms. The number of unbranched alkanes of at least 4 members (excludes halogenated alkanes) is 1. The first-order chi connectivity index (χ1) is 8.81. The van der Waals surface area contributed by atoms with Crippen molar-refractivity contribution in [1.82, 2.24) is 4.90 Å². The summed E-state index contributed by atoms with van der Waals surface area (Å²) < 4.78 is 0. The molecule has 1 heterocycles. The summed E-state index contributed by atoms with van der Waals surface area (Å²) >= 11 is 1.68. The van der Waals surface area contributed by atoms with Crippen molar-refractivity contribution < 1.29 is 10.2 Å². The summed E-state index contributed by atoms with van der Waals surface area (Å²) in [4.78, 5) is 3.46. The van der Waals surface area contributed by atoms with E-state index in [0.717, 1.165) is 31.5 Å². The zero-order chi connectivity index (χ0) is 13.2. The molecule has 0 atom stereocenters. The van der Waals surface area contributed by atoms with E-state index in [1.807, 2.05) is 11.4 Å². The highest BCUT2D eigenvalue weighted by Gasteiger charge is 2.08. The van der Waals surface area contributed by atoms with Gasteiger partial charge in [0.05, 0.1) is 6.61 Å². The molecule has 0 aliphatic rings. The van der Waals surface area contributed by atoms with Crippen molar-refractivity contribution in [3.05, 3.63) is 21.9 Å². The van der Waals surface area contributed by atoms with Gasteiger partial charge in [-0.15, -0.1) is 11.3 Å². The van der Waals surface area contributed by atoms with Crippen LogP contribution in [0.15, 0.2) is 11.4 Å². The molecule has 0 fully saturated rings. The quantitative estimate of drug-likeness (QED) is 0.739. The molecule has 0 amide bonds. The fourth-order valence-corrected chi connectivity index (χ4v) is 2.58. The van der Waals surface area contributed by atoms with Gasteiger partial charge in [0.2, 0.25) is 0 Å². The van der Waals surface area contributed by atoms with E-state index in [4.69, 9.17) is 10.2 Å². The molecule has 2 N–H and O–H groups in total. The molecule has 0 unspecified atom stereocenters. The van der Waals surface area contributed by atoms with Crippen LogP contribution >= 0.6 is 11.3 Å². The minimum absolute atomic E-state index is 0.106. The second-order valence-corrected chi connectivity index (χ2v) is 5.07. The molecule has 3 nitrogen and oxygen atoms in total. The fourth-order valence-electron chi connectivity index (χ4n) is 1.71. The normalized spacial score (nSPS) is 10.4. The maximum Gasteiger partial charge on any atom is 0.104 e. The lowest BCUT2D eigenvalue weighted by Gasteiger charge is -2.20. The summed E-state index contributed by atoms with van der Waals surface area (Å²) in [5.74, 6) is 5.65. The van der Waals surface area contributed by atoms with Gasteiger partial charge in [-0.05, 0) is 24.4 Å². The smallest absolute Gasteiger partial charge is 0.104 e. The molecule has 1 aromatic heterocycles. The summed E-state index contributed by atoms with van der Waals surface area (Å²) in [5, 5.41) is 19.8. The third-order valence-electron chi connectivity index (χ3n) is 2.66. The molecule has 0 saturated carbocycles. The Bertz CT molecular complexity index is 392. The minimum atomic E-state index is -0.106. The first-order valence-corrected chi connectivity index (χ1v) is 7.19. The van der Waals surface area contributed by atoms with Gasteiger partial charge in [0.15, 0.2) is 0 Å². The maximum atomic E-state index is 9.08. The van der Waals surface area contributed by atoms with Crippen LogP contribution in [0.5, 0.6) is 0 Å². The van der Waals surface area contributed by atoms with Crippen LogP contribution < -0.4 is 0 Å². The van der Waals surface area contributed by atoms with E-state index in [0.29, 0.717) is 6.54 Å². The van der Waals surface area contributed by atoms with Crippen LogP contribution in [0.4, 0.5) is 0 Å². The summed E-state index contributed by atoms with van der Waals surface area (Å²) in [5.41, 5.74) is 0.994. The van der Waals surface area contributed by atoms with Gasteiger partial charge in [0.25, 0.3) is 0 Å². The molecule has 18 heavy (non-hydrogen) atoms. The highest BCUT2D eigenvalue weighted by atomic mass is 32.1. The Morgan fingerprint density at radius 2 is 2.17 bits per heavy atom. The second-order valence-electron chi connectivity index (χ2n) is 4.07. The van der Waals surface area contributed by atoms with Gasteiger partial charge in [-0.1, -0.05) is 25.2 Å². The van der Waals surface area contributed by atoms with E-state index in [1.165, 1.54) is 4.88 Å². The minimum Gasteiger partial charge on any atom is -0.395 e. The number of rotatable bonds is 7. The number of hydrogen-bond acceptors (Lipinski definition) is 4. The lowest BCUT2D eigenvalue weighted by molar-refractivity contribution is 0.189. The largest absolute Gasteiger partial charge is 0.395 e. The van der Waals surface area contributed by atoms with Gasteiger partial charge in [-0.25, -0.2) is 0 Å². The summed E-state index contributed by atoms with van der Waals surface area (Å²) in [6, 6.07) is 1.99. The Hall–Kier alpha value is -0.860. The van der Waals surface area contributed by atoms with E-state index < -0.39 is 0 Å². The van der Waals surface area contributed by atoms with E-state index in [9.17, 15) is 0 Å². The predicted octanol–water partition coefficient (Wildman–Crippen LogP) is 1.69. The summed E-state index contributed by atoms with van der Waals surface area (Å²) in [6.45, 7) is 4.78. The Kier molecular flexibility index (Phi) is 7.70. The van der Waals surface area contributed by atoms with Gasteiger partial charge in [-0.3, -0.25) is 4.90 Å². The molecule has 0 saturated heterocycles. The average Bonchev–Trinajstić information content (AvgIpc) is 2.81. The van der Waals surface area contributed by atoms with Crippen molar-refractivity contribution in [2.24, 2.45) is 0 Å². The Morgan fingerprint density at radius 1 is 1.33 bits per heavy atom. The third-order valence-corrected chi connectivity index (χ3v) is 3.56. The van der Waals surface area contributed by atoms with Crippen molar-refractivity contribution in [3.63, 3.8) is 0 Å². The third kappa shape index (κ3) is 5.19. The van der Waals surface area contributed by atoms with Crippen molar-refractivity contribution >= 4 is 11.3 Å². The summed E-state index contributed by atoms with van der Waals surface area (Å²) in [6.07, 6.45) is 2.30. The van der Waals surface area contributed by atoms with Gasteiger partial charge in [0.1, 0.15) is 6.61 Å². The number of aliphatic hydroxyl groups excluding tert-OH is 2. The van der Waals surface area contributed by atoms with Gasteiger partial charge >= 0.3 is 0 Å². The molecular formula is C14H21NO2S. The molecule has 1 aromatic rings. The lowest BCUT2D eigenvalue weighted by atomic mass is 10.2. The molecule has 0 spiro atoms. The van der Waals surface area contributed by atoms with Crippen LogP contribution in [0.1, 0.15) is 30.2 Å². The zero-order valence-corrected chi connectivity index (χ0v) is 11.7. The van der Waals surface area contributed by atoms with Crippen LogP contribution in [-0.4, -0.2) is 41.4 Å². The number of nitrogens with zero attached hydrogens (tertiary/aromatic N) is 1. The standard InChI is InChI=1S/C14H21NO2S/c1-2-3-7-15(8-10-17)12-14-13(5-4-9-16)6-11-18-14/h6,11,16-17H,2-3,7-10,12H2,1H3. The van der Waals surface area contributed by atoms with E-state index in [1.54, 1.807) is 11.3 Å². The molecule has 0 radical (unpaired) electrons. The van der Waals surface area contributed by atoms with Crippen LogP contribution in [-0.2, 0) is 6.54 Å². The van der Waals surface area contributed by atoms with Crippen molar-refractivity contribution in [2.45, 2.75) is 26.3 Å². The summed E-state index contributed by atoms with van der Waals surface area (Å²) in [7, 11) is 0. The molecular weight excluding hydrogens is 246 g/mol. The molecule has 100 valence electrons. The first kappa shape index (κ1) is 15.2.